The largest absolute Gasteiger partial charge is 0.314 e. The lowest BCUT2D eigenvalue weighted by Crippen LogP contribution is -2.53. The molecule has 8 nitrogen and oxygen atoms in total. The van der Waals surface area contributed by atoms with Crippen molar-refractivity contribution in [3.63, 3.8) is 0 Å². The molecule has 3 aliphatic rings. The van der Waals surface area contributed by atoms with Crippen LogP contribution in [0.3, 0.4) is 0 Å². The molecule has 0 unspecified atom stereocenters. The van der Waals surface area contributed by atoms with E-state index in [4.69, 9.17) is 5.53 Å². The summed E-state index contributed by atoms with van der Waals surface area (Å²) in [5.41, 5.74) is 13.4. The molecular formula is C23H23N7O. The van der Waals surface area contributed by atoms with Gasteiger partial charge in [-0.2, -0.15) is 0 Å². The zero-order chi connectivity index (χ0) is 21.2. The monoisotopic (exact) mass is 413 g/mol. The number of hydrogen-bond donors (Lipinski definition) is 0. The Morgan fingerprint density at radius 1 is 1.03 bits per heavy atom. The molecule has 3 aliphatic heterocycles. The van der Waals surface area contributed by atoms with Gasteiger partial charge in [-0.25, -0.2) is 0 Å². The molecule has 0 bridgehead atoms. The molecular weight excluding hydrogens is 390 g/mol. The first-order valence-electron chi connectivity index (χ1n) is 10.5. The van der Waals surface area contributed by atoms with Gasteiger partial charge in [-0.1, -0.05) is 53.6 Å². The average molecular weight is 413 g/mol. The van der Waals surface area contributed by atoms with Gasteiger partial charge in [-0.15, -0.1) is 0 Å². The van der Waals surface area contributed by atoms with E-state index in [9.17, 15) is 4.79 Å². The van der Waals surface area contributed by atoms with Gasteiger partial charge in [-0.05, 0) is 22.7 Å². The van der Waals surface area contributed by atoms with E-state index in [0.29, 0.717) is 25.3 Å². The van der Waals surface area contributed by atoms with Gasteiger partial charge in [0.1, 0.15) is 0 Å². The highest BCUT2D eigenvalue weighted by atomic mass is 16.2. The maximum Gasteiger partial charge on any atom is 0.259 e. The molecule has 2 aromatic carbocycles. The predicted molar refractivity (Wildman–Crippen MR) is 118 cm³/mol. The molecule has 0 radical (unpaired) electrons. The first-order valence-corrected chi connectivity index (χ1v) is 10.5. The third-order valence-corrected chi connectivity index (χ3v) is 5.94. The van der Waals surface area contributed by atoms with Crippen LogP contribution in [0.25, 0.3) is 10.4 Å². The summed E-state index contributed by atoms with van der Waals surface area (Å²) in [5, 5.41) is 3.68. The second-order valence-electron chi connectivity index (χ2n) is 7.96. The van der Waals surface area contributed by atoms with Crippen molar-refractivity contribution in [2.45, 2.75) is 19.5 Å². The highest BCUT2D eigenvalue weighted by molar-refractivity contribution is 6.09. The maximum atomic E-state index is 13.6. The van der Waals surface area contributed by atoms with Gasteiger partial charge < -0.3 is 4.90 Å². The van der Waals surface area contributed by atoms with Crippen molar-refractivity contribution in [3.8, 4) is 0 Å². The van der Waals surface area contributed by atoms with E-state index in [1.165, 1.54) is 5.56 Å². The van der Waals surface area contributed by atoms with Gasteiger partial charge >= 0.3 is 0 Å². The summed E-state index contributed by atoms with van der Waals surface area (Å²) in [4.78, 5) is 27.4. The molecule has 0 atom stereocenters. The molecule has 0 saturated heterocycles. The van der Waals surface area contributed by atoms with Crippen molar-refractivity contribution in [2.75, 3.05) is 26.2 Å². The SMILES string of the molecule is [N-]=[N+]=Nc1cccc(CN2C(=O)C3=C(CCN(Cc4ccccc4)C3)N3CCN=C23)c1. The Bertz CT molecular complexity index is 1120. The number of fused-ring (bicyclic) bond motifs is 2. The van der Waals surface area contributed by atoms with Crippen LogP contribution in [-0.4, -0.2) is 52.7 Å². The van der Waals surface area contributed by atoms with Crippen LogP contribution in [0.1, 0.15) is 17.5 Å². The Hall–Kier alpha value is -3.61. The van der Waals surface area contributed by atoms with Crippen molar-refractivity contribution in [1.29, 1.82) is 0 Å². The van der Waals surface area contributed by atoms with Crippen LogP contribution in [-0.2, 0) is 17.9 Å². The third kappa shape index (κ3) is 3.79. The summed E-state index contributed by atoms with van der Waals surface area (Å²) in [6, 6.07) is 17.7. The summed E-state index contributed by atoms with van der Waals surface area (Å²) >= 11 is 0. The molecule has 8 heteroatoms. The molecule has 0 fully saturated rings. The third-order valence-electron chi connectivity index (χ3n) is 5.94. The van der Waals surface area contributed by atoms with E-state index in [2.05, 4.69) is 49.1 Å². The number of carbonyl (C=O) groups excluding carboxylic acids is 1. The molecule has 0 N–H and O–H groups in total. The van der Waals surface area contributed by atoms with Crippen molar-refractivity contribution < 1.29 is 4.79 Å². The number of carbonyl (C=O) groups is 1. The van der Waals surface area contributed by atoms with Crippen LogP contribution >= 0.6 is 0 Å². The number of guanidine groups is 1. The van der Waals surface area contributed by atoms with Crippen molar-refractivity contribution in [2.24, 2.45) is 10.1 Å². The first-order chi connectivity index (χ1) is 15.2. The van der Waals surface area contributed by atoms with Crippen LogP contribution in [0.5, 0.6) is 0 Å². The average Bonchev–Trinajstić information content (AvgIpc) is 3.28. The van der Waals surface area contributed by atoms with Gasteiger partial charge in [0.05, 0.1) is 18.7 Å². The van der Waals surface area contributed by atoms with Crippen molar-refractivity contribution in [1.82, 2.24) is 14.7 Å². The quantitative estimate of drug-likeness (QED) is 0.424. The lowest BCUT2D eigenvalue weighted by molar-refractivity contribution is -0.125. The number of rotatable bonds is 5. The molecule has 0 aromatic heterocycles. The van der Waals surface area contributed by atoms with Crippen LogP contribution in [0.4, 0.5) is 5.69 Å². The smallest absolute Gasteiger partial charge is 0.259 e. The highest BCUT2D eigenvalue weighted by Gasteiger charge is 2.40. The number of nitrogens with zero attached hydrogens (tertiary/aromatic N) is 7. The van der Waals surface area contributed by atoms with Crippen LogP contribution in [0, 0.1) is 0 Å². The molecule has 2 aromatic rings. The maximum absolute atomic E-state index is 13.6. The van der Waals surface area contributed by atoms with E-state index in [1.807, 2.05) is 24.3 Å². The fraction of sp³-hybridized carbons (Fsp3) is 0.304. The fourth-order valence-corrected chi connectivity index (χ4v) is 4.54. The van der Waals surface area contributed by atoms with Crippen molar-refractivity contribution >= 4 is 17.6 Å². The summed E-state index contributed by atoms with van der Waals surface area (Å²) in [6.45, 7) is 4.32. The van der Waals surface area contributed by atoms with E-state index in [1.54, 1.807) is 11.0 Å². The normalized spacial score (nSPS) is 18.5. The molecule has 0 aliphatic carbocycles. The number of aliphatic imine (C=N–C) groups is 1. The molecule has 0 spiro atoms. The van der Waals surface area contributed by atoms with Crippen LogP contribution in [0.15, 0.2) is 76.0 Å². The van der Waals surface area contributed by atoms with Gasteiger partial charge in [0.2, 0.25) is 5.96 Å². The van der Waals surface area contributed by atoms with E-state index >= 15 is 0 Å². The van der Waals surface area contributed by atoms with E-state index in [0.717, 1.165) is 48.8 Å². The summed E-state index contributed by atoms with van der Waals surface area (Å²) in [5.74, 6) is 0.772. The summed E-state index contributed by atoms with van der Waals surface area (Å²) in [6.07, 6.45) is 0.854. The lowest BCUT2D eigenvalue weighted by Gasteiger charge is -2.42. The summed E-state index contributed by atoms with van der Waals surface area (Å²) in [7, 11) is 0. The fourth-order valence-electron chi connectivity index (χ4n) is 4.54. The Labute approximate surface area is 180 Å². The van der Waals surface area contributed by atoms with E-state index in [-0.39, 0.29) is 5.91 Å². The Balaban J connectivity index is 1.41. The lowest BCUT2D eigenvalue weighted by atomic mass is 10.00. The van der Waals surface area contributed by atoms with Gasteiger partial charge in [0.25, 0.3) is 5.91 Å². The minimum Gasteiger partial charge on any atom is -0.314 e. The standard InChI is InChI=1S/C23H23N7O/c24-27-26-19-8-4-7-18(13-19)15-30-22(31)20-16-28(14-17-5-2-1-3-6-17)11-9-21(20)29-12-10-25-23(29)30/h1-8,13H,9-12,14-16H2. The Morgan fingerprint density at radius 2 is 1.87 bits per heavy atom. The zero-order valence-corrected chi connectivity index (χ0v) is 17.2. The predicted octanol–water partition coefficient (Wildman–Crippen LogP) is 3.80. The topological polar surface area (TPSA) is 87.9 Å². The van der Waals surface area contributed by atoms with E-state index < -0.39 is 0 Å². The second kappa shape index (κ2) is 8.26. The molecule has 1 amide bonds. The Morgan fingerprint density at radius 3 is 2.71 bits per heavy atom. The van der Waals surface area contributed by atoms with Gasteiger partial charge in [0, 0.05) is 48.9 Å². The highest BCUT2D eigenvalue weighted by Crippen LogP contribution is 2.32. The molecule has 31 heavy (non-hydrogen) atoms. The molecule has 0 saturated carbocycles. The minimum absolute atomic E-state index is 0.0267. The number of hydrogen-bond acceptors (Lipinski definition) is 5. The second-order valence-corrected chi connectivity index (χ2v) is 7.96. The molecule has 156 valence electrons. The molecule has 3 heterocycles. The number of azide groups is 1. The van der Waals surface area contributed by atoms with Crippen molar-refractivity contribution in [3.05, 3.63) is 87.4 Å². The number of benzene rings is 2. The Kier molecular flexibility index (Phi) is 5.16. The van der Waals surface area contributed by atoms with Crippen LogP contribution in [0.2, 0.25) is 0 Å². The molecule has 5 rings (SSSR count). The summed E-state index contributed by atoms with van der Waals surface area (Å²) < 4.78 is 0. The van der Waals surface area contributed by atoms with Gasteiger partial charge in [-0.3, -0.25) is 19.6 Å². The number of amides is 1. The van der Waals surface area contributed by atoms with Crippen LogP contribution < -0.4 is 0 Å². The van der Waals surface area contributed by atoms with Gasteiger partial charge in [0.15, 0.2) is 0 Å². The zero-order valence-electron chi connectivity index (χ0n) is 17.2. The minimum atomic E-state index is 0.0267. The first kappa shape index (κ1) is 19.4.